The normalized spacial score (nSPS) is 13.1. The summed E-state index contributed by atoms with van der Waals surface area (Å²) in [5.74, 6) is -0.355. The Kier molecular flexibility index (Phi) is 22.6. The van der Waals surface area contributed by atoms with E-state index in [0.717, 1.165) is 39.9 Å². The Hall–Kier alpha value is -5.25. The number of amides is 2. The van der Waals surface area contributed by atoms with E-state index in [2.05, 4.69) is 192 Å². The van der Waals surface area contributed by atoms with Crippen molar-refractivity contribution in [2.45, 2.75) is 215 Å². The first kappa shape index (κ1) is 71.8. The van der Waals surface area contributed by atoms with Gasteiger partial charge >= 0.3 is 0 Å². The summed E-state index contributed by atoms with van der Waals surface area (Å²) >= 11 is 3.33. The average molecular weight is 1340 g/mol. The van der Waals surface area contributed by atoms with Crippen LogP contribution in [0.3, 0.4) is 0 Å². The van der Waals surface area contributed by atoms with E-state index in [1.807, 2.05) is 74.1 Å². The number of hydrogen-bond acceptors (Lipinski definition) is 12. The predicted molar refractivity (Wildman–Crippen MR) is 375 cm³/mol. The molecule has 88 heavy (non-hydrogen) atoms. The van der Waals surface area contributed by atoms with Gasteiger partial charge in [-0.25, -0.2) is 19.9 Å². The second-order valence-corrected chi connectivity index (χ2v) is 52.6. The van der Waals surface area contributed by atoms with Crippen LogP contribution >= 0.6 is 15.9 Å². The molecule has 8 rings (SSSR count). The van der Waals surface area contributed by atoms with E-state index in [1.165, 1.54) is 16.5 Å². The van der Waals surface area contributed by atoms with Gasteiger partial charge in [-0.05, 0) is 148 Å². The standard InChI is InChI=1S/C32H50N6O3Si2.C17H27BrN4O2Si.C16H26N2OSi/c1-31(2,3)35-30(39)24-19-38(21-40-15-16-42(8,9)10)29-28(24)34-25(18-33-29)27-23-17-22(13-14-26(23)37(7)36-27)20-41-43(11,12)32(4,5)6;1-17(2,3)21-16(23)12-10-22(11-24-7-8-25(4,5)6)15-14(12)20-13(18)9-19-15;1-12-14-10-13(8-9-15(14)18(5)17-12)11-19-20(6,7)16(2,3)4/h13-14,17-19H,15-16,20-21H2,1-12H3,(H,35,39);9-10H,7-8,11H2,1-6H3,(H,21,23);8-10H,11H2,1-7H3. The smallest absolute Gasteiger partial charge is 0.255 e. The Morgan fingerprint density at radius 1 is 0.568 bits per heavy atom. The number of carbonyl (C=O) groups excluding carboxylic acids is 2. The van der Waals surface area contributed by atoms with E-state index in [1.54, 1.807) is 24.8 Å². The second-order valence-electron chi connectivity index (χ2n) is 30.9. The van der Waals surface area contributed by atoms with Crippen LogP contribution in [0.5, 0.6) is 0 Å². The molecule has 18 nitrogen and oxygen atoms in total. The summed E-state index contributed by atoms with van der Waals surface area (Å²) in [6.45, 7) is 53.7. The molecule has 0 saturated heterocycles. The van der Waals surface area contributed by atoms with E-state index < -0.39 is 38.3 Å². The molecule has 0 bridgehead atoms. The zero-order valence-corrected chi connectivity index (χ0v) is 63.3. The van der Waals surface area contributed by atoms with Crippen molar-refractivity contribution < 1.29 is 27.9 Å². The lowest BCUT2D eigenvalue weighted by molar-refractivity contribution is 0.0879. The van der Waals surface area contributed by atoms with Gasteiger partial charge in [-0.1, -0.05) is 93.0 Å². The summed E-state index contributed by atoms with van der Waals surface area (Å²) in [5.41, 5.74) is 9.54. The van der Waals surface area contributed by atoms with Gasteiger partial charge in [-0.15, -0.1) is 0 Å². The number of aryl methyl sites for hydroxylation is 3. The number of halogens is 1. The number of fused-ring (bicyclic) bond motifs is 4. The molecule has 0 spiro atoms. The maximum atomic E-state index is 13.4. The molecule has 0 fully saturated rings. The van der Waals surface area contributed by atoms with Gasteiger partial charge in [-0.2, -0.15) is 10.2 Å². The molecule has 0 radical (unpaired) electrons. The third-order valence-corrected chi connectivity index (χ3v) is 28.8. The highest BCUT2D eigenvalue weighted by atomic mass is 79.9. The lowest BCUT2D eigenvalue weighted by Gasteiger charge is -2.36. The van der Waals surface area contributed by atoms with Gasteiger partial charge in [0.15, 0.2) is 27.9 Å². The van der Waals surface area contributed by atoms with Crippen LogP contribution < -0.4 is 10.6 Å². The van der Waals surface area contributed by atoms with Crippen LogP contribution in [-0.4, -0.2) is 118 Å². The van der Waals surface area contributed by atoms with Gasteiger partial charge in [0.1, 0.15) is 40.5 Å². The van der Waals surface area contributed by atoms with E-state index in [4.69, 9.17) is 33.4 Å². The van der Waals surface area contributed by atoms with Crippen molar-refractivity contribution in [3.63, 3.8) is 0 Å². The summed E-state index contributed by atoms with van der Waals surface area (Å²) < 4.78 is 32.8. The summed E-state index contributed by atoms with van der Waals surface area (Å²) in [5, 5.41) is 17.9. The number of carbonyl (C=O) groups is 2. The highest BCUT2D eigenvalue weighted by Crippen LogP contribution is 2.39. The molecule has 6 heterocycles. The molecule has 8 aromatic rings. The lowest BCUT2D eigenvalue weighted by Crippen LogP contribution is -2.40. The first-order valence-electron chi connectivity index (χ1n) is 30.7. The molecular formula is C65H103BrN12O6Si4. The van der Waals surface area contributed by atoms with Gasteiger partial charge in [0, 0.05) is 77.7 Å². The van der Waals surface area contributed by atoms with Gasteiger partial charge in [0.05, 0.1) is 53.5 Å². The maximum absolute atomic E-state index is 13.4. The van der Waals surface area contributed by atoms with Crippen LogP contribution in [0.2, 0.25) is 87.6 Å². The second kappa shape index (κ2) is 27.7. The fourth-order valence-electron chi connectivity index (χ4n) is 8.75. The number of nitrogens with one attached hydrogen (secondary N) is 2. The van der Waals surface area contributed by atoms with Gasteiger partial charge in [-0.3, -0.25) is 19.0 Å². The number of benzene rings is 2. The van der Waals surface area contributed by atoms with Crippen LogP contribution in [0.15, 0.2) is 65.8 Å². The SMILES string of the molecule is CC(C)(C)NC(=O)c1cn(COCC[Si](C)(C)C)c2ncc(Br)nc12.Cc1nn(C)c2ccc(CO[Si](C)(C)C(C)(C)C)cc12.Cn1nc(-c2cnc3c(n2)c(C(=O)NC(C)(C)C)cn3COCC[Si](C)(C)C)c2cc(CO[Si](C)(C)C(C)(C)C)ccc21. The molecule has 0 unspecified atom stereocenters. The number of aromatic nitrogens is 10. The molecule has 2 N–H and O–H groups in total. The highest BCUT2D eigenvalue weighted by molar-refractivity contribution is 9.10. The Morgan fingerprint density at radius 2 is 0.977 bits per heavy atom. The van der Waals surface area contributed by atoms with Gasteiger partial charge in [0.25, 0.3) is 11.8 Å². The minimum atomic E-state index is -1.90. The Morgan fingerprint density at radius 3 is 1.41 bits per heavy atom. The molecule has 0 aliphatic carbocycles. The van der Waals surface area contributed by atoms with Gasteiger partial charge < -0.3 is 38.1 Å². The van der Waals surface area contributed by atoms with Crippen molar-refractivity contribution in [1.82, 2.24) is 59.3 Å². The summed E-state index contributed by atoms with van der Waals surface area (Å²) in [6, 6.07) is 15.0. The summed E-state index contributed by atoms with van der Waals surface area (Å²) in [4.78, 5) is 44.7. The Labute approximate surface area is 536 Å². The van der Waals surface area contributed by atoms with Crippen molar-refractivity contribution >= 4 is 105 Å². The van der Waals surface area contributed by atoms with Crippen molar-refractivity contribution in [2.75, 3.05) is 13.2 Å². The van der Waals surface area contributed by atoms with Crippen LogP contribution in [0, 0.1) is 6.92 Å². The molecule has 0 aliphatic heterocycles. The topological polar surface area (TPSA) is 192 Å². The largest absolute Gasteiger partial charge is 0.413 e. The van der Waals surface area contributed by atoms with Gasteiger partial charge in [0.2, 0.25) is 0 Å². The predicted octanol–water partition coefficient (Wildman–Crippen LogP) is 15.8. The zero-order chi connectivity index (χ0) is 65.9. The van der Waals surface area contributed by atoms with Crippen LogP contribution in [0.25, 0.3) is 55.5 Å². The first-order chi connectivity index (χ1) is 40.3. The Balaban J connectivity index is 0.000000232. The van der Waals surface area contributed by atoms with Crippen molar-refractivity contribution in [3.8, 4) is 11.4 Å². The monoisotopic (exact) mass is 1340 g/mol. The third-order valence-electron chi connectivity index (χ3n) is 16.1. The fourth-order valence-corrected chi connectivity index (χ4v) is 12.5. The van der Waals surface area contributed by atoms with Crippen LogP contribution in [0.4, 0.5) is 0 Å². The van der Waals surface area contributed by atoms with Crippen LogP contribution in [0.1, 0.15) is 121 Å². The van der Waals surface area contributed by atoms with Crippen molar-refractivity contribution in [3.05, 3.63) is 93.7 Å². The van der Waals surface area contributed by atoms with Crippen molar-refractivity contribution in [1.29, 1.82) is 0 Å². The first-order valence-corrected chi connectivity index (χ1v) is 44.7. The van der Waals surface area contributed by atoms with E-state index >= 15 is 0 Å². The maximum Gasteiger partial charge on any atom is 0.255 e. The number of hydrogen-bond donors (Lipinski definition) is 2. The lowest BCUT2D eigenvalue weighted by atomic mass is 10.1. The molecule has 2 aromatic carbocycles. The zero-order valence-electron chi connectivity index (χ0n) is 57.7. The molecule has 0 saturated carbocycles. The van der Waals surface area contributed by atoms with Crippen LogP contribution in [-0.2, 0) is 59.1 Å². The quantitative estimate of drug-likeness (QED) is 0.0576. The highest BCUT2D eigenvalue weighted by Gasteiger charge is 2.38. The van der Waals surface area contributed by atoms with E-state index in [-0.39, 0.29) is 27.4 Å². The molecule has 23 heteroatoms. The van der Waals surface area contributed by atoms with E-state index in [0.29, 0.717) is 83.6 Å². The minimum absolute atomic E-state index is 0.133. The molecule has 6 aromatic heterocycles. The minimum Gasteiger partial charge on any atom is -0.413 e. The third kappa shape index (κ3) is 19.4. The fraction of sp³-hybridized carbons (Fsp3) is 0.569. The summed E-state index contributed by atoms with van der Waals surface area (Å²) in [7, 11) is -2.02. The number of ether oxygens (including phenoxy) is 2. The summed E-state index contributed by atoms with van der Waals surface area (Å²) in [6.07, 6.45) is 6.95. The molecule has 2 amide bonds. The molecule has 0 atom stereocenters. The van der Waals surface area contributed by atoms with Crippen molar-refractivity contribution in [2.24, 2.45) is 14.1 Å². The number of rotatable bonds is 19. The molecular weight excluding hydrogens is 1240 g/mol. The Bertz CT molecular complexity index is 3730. The molecule has 0 aliphatic rings. The molecule has 482 valence electrons. The average Bonchev–Trinajstić information content (AvgIpc) is 4.17. The van der Waals surface area contributed by atoms with E-state index in [9.17, 15) is 9.59 Å². The number of nitrogens with zero attached hydrogens (tertiary/aromatic N) is 10.